The van der Waals surface area contributed by atoms with Crippen LogP contribution in [-0.2, 0) is 14.1 Å². The van der Waals surface area contributed by atoms with Gasteiger partial charge in [0, 0.05) is 10.9 Å². The minimum absolute atomic E-state index is 1.26. The lowest BCUT2D eigenvalue weighted by Gasteiger charge is -2.12. The summed E-state index contributed by atoms with van der Waals surface area (Å²) >= 11 is 0. The first-order chi connectivity index (χ1) is 11.5. The van der Waals surface area contributed by atoms with Gasteiger partial charge in [-0.15, -0.1) is 0 Å². The van der Waals surface area contributed by atoms with Crippen LogP contribution in [0.15, 0.2) is 48.5 Å². The molecule has 0 aliphatic rings. The fraction of sp³-hybridized carbons (Fsp3) is 0.227. The van der Waals surface area contributed by atoms with Crippen LogP contribution in [0.5, 0.6) is 0 Å². The van der Waals surface area contributed by atoms with Gasteiger partial charge in [0.05, 0.1) is 19.5 Å². The van der Waals surface area contributed by atoms with Crippen molar-refractivity contribution in [1.29, 1.82) is 0 Å². The summed E-state index contributed by atoms with van der Waals surface area (Å²) in [5.41, 5.74) is 9.13. The molecule has 0 aliphatic carbocycles. The van der Waals surface area contributed by atoms with E-state index in [4.69, 9.17) is 0 Å². The highest BCUT2D eigenvalue weighted by atomic mass is 15.1. The van der Waals surface area contributed by atoms with Gasteiger partial charge in [0.1, 0.15) is 11.2 Å². The van der Waals surface area contributed by atoms with Gasteiger partial charge in [-0.25, -0.2) is 9.13 Å². The van der Waals surface area contributed by atoms with Crippen LogP contribution in [0.1, 0.15) is 16.7 Å². The average Bonchev–Trinajstić information content (AvgIpc) is 2.83. The number of rotatable bonds is 1. The van der Waals surface area contributed by atoms with Crippen molar-refractivity contribution in [1.82, 2.24) is 4.57 Å². The second-order valence-electron chi connectivity index (χ2n) is 6.86. The van der Waals surface area contributed by atoms with Gasteiger partial charge in [0.25, 0.3) is 5.65 Å². The molecule has 2 aromatic heterocycles. The van der Waals surface area contributed by atoms with Crippen molar-refractivity contribution < 1.29 is 4.57 Å². The van der Waals surface area contributed by atoms with E-state index in [1.54, 1.807) is 0 Å². The minimum atomic E-state index is 1.26. The molecule has 0 fully saturated rings. The van der Waals surface area contributed by atoms with Crippen LogP contribution >= 0.6 is 0 Å². The molecular formula is C22H23N2+. The summed E-state index contributed by atoms with van der Waals surface area (Å²) in [4.78, 5) is 0. The Hall–Kier alpha value is -2.61. The van der Waals surface area contributed by atoms with Gasteiger partial charge >= 0.3 is 0 Å². The first kappa shape index (κ1) is 14.9. The molecule has 0 bridgehead atoms. The highest BCUT2D eigenvalue weighted by Gasteiger charge is 2.21. The summed E-state index contributed by atoms with van der Waals surface area (Å²) in [7, 11) is 4.33. The second-order valence-corrected chi connectivity index (χ2v) is 6.86. The Morgan fingerprint density at radius 2 is 1.50 bits per heavy atom. The van der Waals surface area contributed by atoms with Crippen LogP contribution in [0.4, 0.5) is 0 Å². The quantitative estimate of drug-likeness (QED) is 0.448. The topological polar surface area (TPSA) is 8.81 Å². The number of para-hydroxylation sites is 1. The molecule has 2 nitrogen and oxygen atoms in total. The molecule has 4 aromatic rings. The predicted octanol–water partition coefficient (Wildman–Crippen LogP) is 4.75. The standard InChI is InChI=1S/C22H23N2/c1-14-12-15(2)21(16(3)13-14)20-11-10-18-17-8-6-7-9-19(17)23(4)22(18)24(20)5/h6-13H,1-5H3/q+1. The molecule has 4 rings (SSSR count). The monoisotopic (exact) mass is 315 g/mol. The maximum Gasteiger partial charge on any atom is 0.289 e. The Bertz CT molecular complexity index is 1080. The van der Waals surface area contributed by atoms with Crippen molar-refractivity contribution >= 4 is 21.9 Å². The van der Waals surface area contributed by atoms with Crippen LogP contribution in [0.25, 0.3) is 33.2 Å². The van der Waals surface area contributed by atoms with Gasteiger partial charge in [-0.05, 0) is 56.2 Å². The van der Waals surface area contributed by atoms with Crippen LogP contribution in [0.2, 0.25) is 0 Å². The van der Waals surface area contributed by atoms with Crippen LogP contribution in [-0.4, -0.2) is 4.57 Å². The maximum atomic E-state index is 2.33. The van der Waals surface area contributed by atoms with E-state index in [1.807, 2.05) is 0 Å². The summed E-state index contributed by atoms with van der Waals surface area (Å²) in [5.74, 6) is 0. The Labute approximate surface area is 143 Å². The molecular weight excluding hydrogens is 292 g/mol. The SMILES string of the molecule is Cc1cc(C)c(-c2ccc3c4ccccc4n(C)c3[n+]2C)c(C)c1. The number of aromatic nitrogens is 2. The summed E-state index contributed by atoms with van der Waals surface area (Å²) in [6, 6.07) is 17.7. The molecule has 120 valence electrons. The average molecular weight is 315 g/mol. The highest BCUT2D eigenvalue weighted by Crippen LogP contribution is 2.30. The lowest BCUT2D eigenvalue weighted by atomic mass is 9.96. The molecule has 0 radical (unpaired) electrons. The lowest BCUT2D eigenvalue weighted by molar-refractivity contribution is -0.636. The van der Waals surface area contributed by atoms with E-state index < -0.39 is 0 Å². The Balaban J connectivity index is 2.11. The van der Waals surface area contributed by atoms with Gasteiger partial charge in [0.2, 0.25) is 0 Å². The number of hydrogen-bond acceptors (Lipinski definition) is 0. The Morgan fingerprint density at radius 1 is 0.833 bits per heavy atom. The van der Waals surface area contributed by atoms with Gasteiger partial charge in [-0.3, -0.25) is 0 Å². The zero-order valence-corrected chi connectivity index (χ0v) is 15.0. The molecule has 0 unspecified atom stereocenters. The molecule has 0 spiro atoms. The molecule has 0 amide bonds. The number of aryl methyl sites for hydroxylation is 5. The van der Waals surface area contributed by atoms with Crippen molar-refractivity contribution in [2.24, 2.45) is 14.1 Å². The summed E-state index contributed by atoms with van der Waals surface area (Å²) in [5, 5.41) is 2.62. The number of hydrogen-bond donors (Lipinski definition) is 0. The van der Waals surface area contributed by atoms with E-state index in [0.717, 1.165) is 0 Å². The van der Waals surface area contributed by atoms with Gasteiger partial charge in [-0.1, -0.05) is 29.8 Å². The fourth-order valence-corrected chi connectivity index (χ4v) is 4.20. The van der Waals surface area contributed by atoms with E-state index in [0.29, 0.717) is 0 Å². The van der Waals surface area contributed by atoms with Crippen LogP contribution < -0.4 is 4.57 Å². The molecule has 2 heteroatoms. The van der Waals surface area contributed by atoms with Crippen LogP contribution in [0, 0.1) is 20.8 Å². The number of nitrogens with zero attached hydrogens (tertiary/aromatic N) is 2. The number of fused-ring (bicyclic) bond motifs is 3. The molecule has 0 saturated heterocycles. The normalized spacial score (nSPS) is 11.5. The summed E-state index contributed by atoms with van der Waals surface area (Å²) in [6.45, 7) is 6.58. The van der Waals surface area contributed by atoms with E-state index in [-0.39, 0.29) is 0 Å². The maximum absolute atomic E-state index is 2.33. The minimum Gasteiger partial charge on any atom is -0.229 e. The molecule has 24 heavy (non-hydrogen) atoms. The highest BCUT2D eigenvalue weighted by molar-refractivity contribution is 6.05. The van der Waals surface area contributed by atoms with E-state index in [9.17, 15) is 0 Å². The summed E-state index contributed by atoms with van der Waals surface area (Å²) in [6.07, 6.45) is 0. The zero-order valence-electron chi connectivity index (χ0n) is 15.0. The largest absolute Gasteiger partial charge is 0.289 e. The molecule has 2 heterocycles. The third kappa shape index (κ3) is 1.99. The predicted molar refractivity (Wildman–Crippen MR) is 101 cm³/mol. The molecule has 0 N–H and O–H groups in total. The Kier molecular flexibility index (Phi) is 3.24. The fourth-order valence-electron chi connectivity index (χ4n) is 4.20. The van der Waals surface area contributed by atoms with Crippen molar-refractivity contribution in [3.8, 4) is 11.3 Å². The van der Waals surface area contributed by atoms with Crippen molar-refractivity contribution in [2.45, 2.75) is 20.8 Å². The van der Waals surface area contributed by atoms with Gasteiger partial charge in [-0.2, -0.15) is 0 Å². The second kappa shape index (κ2) is 5.20. The zero-order chi connectivity index (χ0) is 17.0. The lowest BCUT2D eigenvalue weighted by Crippen LogP contribution is -2.34. The van der Waals surface area contributed by atoms with Crippen LogP contribution in [0.3, 0.4) is 0 Å². The third-order valence-electron chi connectivity index (χ3n) is 5.13. The first-order valence-electron chi connectivity index (χ1n) is 8.43. The van der Waals surface area contributed by atoms with Gasteiger partial charge in [0.15, 0.2) is 0 Å². The molecule has 0 saturated carbocycles. The van der Waals surface area contributed by atoms with E-state index in [2.05, 4.69) is 92.5 Å². The third-order valence-corrected chi connectivity index (χ3v) is 5.13. The molecule has 0 aliphatic heterocycles. The molecule has 0 atom stereocenters. The van der Waals surface area contributed by atoms with E-state index in [1.165, 1.54) is 49.9 Å². The summed E-state index contributed by atoms with van der Waals surface area (Å²) < 4.78 is 4.63. The number of benzene rings is 2. The molecule has 2 aromatic carbocycles. The van der Waals surface area contributed by atoms with Crippen molar-refractivity contribution in [3.63, 3.8) is 0 Å². The first-order valence-corrected chi connectivity index (χ1v) is 8.43. The smallest absolute Gasteiger partial charge is 0.229 e. The van der Waals surface area contributed by atoms with Crippen molar-refractivity contribution in [2.75, 3.05) is 0 Å². The Morgan fingerprint density at radius 3 is 2.21 bits per heavy atom. The van der Waals surface area contributed by atoms with Crippen molar-refractivity contribution in [3.05, 3.63) is 65.2 Å². The van der Waals surface area contributed by atoms with Gasteiger partial charge < -0.3 is 0 Å². The number of pyridine rings is 1. The van der Waals surface area contributed by atoms with E-state index >= 15 is 0 Å².